The van der Waals surface area contributed by atoms with Crippen LogP contribution in [0.3, 0.4) is 0 Å². The van der Waals surface area contributed by atoms with Gasteiger partial charge in [0.15, 0.2) is 12.1 Å². The van der Waals surface area contributed by atoms with Gasteiger partial charge in [-0.15, -0.1) is 11.3 Å². The second kappa shape index (κ2) is 18.8. The Morgan fingerprint density at radius 1 is 1.10 bits per heavy atom. The molecule has 16 nitrogen and oxygen atoms in total. The SMILES string of the molecule is CC[C@H]1OC(=O)[C@@](C)(F)C(=O)[C@H](C)[C@@H](O[C@H]2O[C@H](C)C[C@H](N(C)C)[C@H]2O)[C@@]2(C)C[C@@H](C)[C@H](O)[C@H](C)C(OC/C(=N\OCc3ccc(-c4nc(N)cs4)nc3)CO2)[C@]1(C)O. The number of Topliss-reactive ketones (excluding diaryl/α,β-unsaturated/α-hetero) is 1. The minimum atomic E-state index is -3.20. The number of ether oxygens (including phenoxy) is 5. The van der Waals surface area contributed by atoms with Gasteiger partial charge in [0.05, 0.1) is 48.9 Å². The predicted octanol–water partition coefficient (Wildman–Crippen LogP) is 3.69. The first-order valence-electron chi connectivity index (χ1n) is 20.2. The maximum atomic E-state index is 16.8. The monoisotopic (exact) mass is 851 g/mol. The number of thiazole rings is 1. The van der Waals surface area contributed by atoms with E-state index in [1.54, 1.807) is 45.3 Å². The number of ketones is 1. The van der Waals surface area contributed by atoms with Gasteiger partial charge in [-0.25, -0.2) is 14.2 Å². The van der Waals surface area contributed by atoms with E-state index in [9.17, 15) is 24.9 Å². The average Bonchev–Trinajstić information content (AvgIpc) is 3.62. The summed E-state index contributed by atoms with van der Waals surface area (Å²) >= 11 is 1.37. The van der Waals surface area contributed by atoms with Crippen molar-refractivity contribution in [3.63, 3.8) is 0 Å². The molecular weight excluding hydrogens is 790 g/mol. The minimum Gasteiger partial charge on any atom is -0.457 e. The largest absolute Gasteiger partial charge is 0.457 e. The van der Waals surface area contributed by atoms with Crippen molar-refractivity contribution in [1.82, 2.24) is 14.9 Å². The standard InChI is InChI=1S/C41H62FN5O11S/c1-11-29-41(8,52)35-23(4)31(48)21(2)15-39(6,54-19-26(18-53-35)46-55-17-25-12-13-27(44-16-25)36-45-30(43)20-59-36)34(24(5)33(50)40(7,42)38(51)57-29)58-37-32(49)28(47(9)10)14-22(3)56-37/h12-13,16,20-24,28-29,31-32,34-35,37,48-49,52H,11,14-15,17-19,43H2,1-10H3/b46-26+/t21-,22-,23+,24+,28+,29-,31+,32-,34-,35?,37-,39-,40+,41-/m1/s1. The lowest BCUT2D eigenvalue weighted by atomic mass is 9.73. The van der Waals surface area contributed by atoms with E-state index in [4.69, 9.17) is 34.3 Å². The second-order valence-electron chi connectivity index (χ2n) is 17.2. The zero-order chi connectivity index (χ0) is 43.6. The van der Waals surface area contributed by atoms with Crippen LogP contribution in [0.2, 0.25) is 0 Å². The number of pyridine rings is 1. The van der Waals surface area contributed by atoms with E-state index in [1.807, 2.05) is 32.0 Å². The predicted molar refractivity (Wildman–Crippen MR) is 217 cm³/mol. The van der Waals surface area contributed by atoms with Gasteiger partial charge < -0.3 is 54.5 Å². The third kappa shape index (κ3) is 10.3. The smallest absolute Gasteiger partial charge is 0.351 e. The fourth-order valence-corrected chi connectivity index (χ4v) is 9.31. The highest BCUT2D eigenvalue weighted by atomic mass is 32.1. The van der Waals surface area contributed by atoms with Crippen LogP contribution in [0, 0.1) is 17.8 Å². The first-order valence-corrected chi connectivity index (χ1v) is 21.1. The average molecular weight is 852 g/mol. The molecule has 5 rings (SSSR count). The molecule has 18 heteroatoms. The number of likely N-dealkylation sites (N-methyl/N-ethyl adjacent to an activating group) is 1. The van der Waals surface area contributed by atoms with Crippen LogP contribution in [-0.2, 0) is 44.7 Å². The molecule has 0 amide bonds. The molecule has 0 radical (unpaired) electrons. The molecule has 2 aromatic heterocycles. The minimum absolute atomic E-state index is 0.00367. The second-order valence-corrected chi connectivity index (χ2v) is 18.1. The zero-order valence-electron chi connectivity index (χ0n) is 35.7. The molecule has 1 unspecified atom stereocenters. The number of rotatable bonds is 8. The topological polar surface area (TPSA) is 218 Å². The molecule has 0 spiro atoms. The summed E-state index contributed by atoms with van der Waals surface area (Å²) in [5.74, 6) is -5.09. The molecule has 0 aromatic carbocycles. The third-order valence-electron chi connectivity index (χ3n) is 12.0. The molecule has 0 saturated carbocycles. The van der Waals surface area contributed by atoms with Crippen molar-refractivity contribution >= 4 is 34.6 Å². The summed E-state index contributed by atoms with van der Waals surface area (Å²) in [6.45, 7) is 11.7. The van der Waals surface area contributed by atoms with Crippen molar-refractivity contribution in [1.29, 1.82) is 0 Å². The van der Waals surface area contributed by atoms with E-state index in [-0.39, 0.29) is 50.5 Å². The van der Waals surface area contributed by atoms with Crippen LogP contribution in [0.15, 0.2) is 28.9 Å². The molecule has 5 N–H and O–H groups in total. The van der Waals surface area contributed by atoms with Crippen LogP contribution in [0.1, 0.15) is 80.2 Å². The molecule has 3 aliphatic heterocycles. The molecule has 0 aliphatic carbocycles. The highest BCUT2D eigenvalue weighted by Crippen LogP contribution is 2.41. The number of hydrogen-bond acceptors (Lipinski definition) is 17. The van der Waals surface area contributed by atoms with Crippen molar-refractivity contribution in [2.24, 2.45) is 22.9 Å². The van der Waals surface area contributed by atoms with Gasteiger partial charge >= 0.3 is 5.97 Å². The number of aliphatic hydroxyl groups excluding tert-OH is 2. The van der Waals surface area contributed by atoms with Crippen LogP contribution >= 0.6 is 11.3 Å². The van der Waals surface area contributed by atoms with Gasteiger partial charge in [-0.05, 0) is 73.0 Å². The van der Waals surface area contributed by atoms with Gasteiger partial charge in [-0.3, -0.25) is 9.78 Å². The summed E-state index contributed by atoms with van der Waals surface area (Å²) in [5.41, 5.74) is 0.580. The van der Waals surface area contributed by atoms with Gasteiger partial charge in [0.2, 0.25) is 0 Å². The van der Waals surface area contributed by atoms with Crippen molar-refractivity contribution < 1.29 is 57.8 Å². The van der Waals surface area contributed by atoms with Gasteiger partial charge in [-0.1, -0.05) is 38.9 Å². The van der Waals surface area contributed by atoms with Gasteiger partial charge in [0, 0.05) is 35.0 Å². The van der Waals surface area contributed by atoms with Crippen LogP contribution in [-0.4, -0.2) is 141 Å². The normalized spacial score (nSPS) is 39.9. The van der Waals surface area contributed by atoms with E-state index in [1.165, 1.54) is 25.2 Å². The van der Waals surface area contributed by atoms with Crippen LogP contribution in [0.5, 0.6) is 0 Å². The van der Waals surface area contributed by atoms with Crippen LogP contribution in [0.25, 0.3) is 10.7 Å². The van der Waals surface area contributed by atoms with E-state index >= 15 is 4.39 Å². The van der Waals surface area contributed by atoms with E-state index in [0.717, 1.165) is 6.92 Å². The van der Waals surface area contributed by atoms with Crippen molar-refractivity contribution in [2.75, 3.05) is 33.0 Å². The van der Waals surface area contributed by atoms with Crippen molar-refractivity contribution in [3.05, 3.63) is 29.3 Å². The number of carbonyl (C=O) groups excluding carboxylic acids is 2. The summed E-state index contributed by atoms with van der Waals surface area (Å²) in [4.78, 5) is 44.4. The van der Waals surface area contributed by atoms with Crippen molar-refractivity contribution in [2.45, 2.75) is 147 Å². The van der Waals surface area contributed by atoms with E-state index < -0.39 is 83.2 Å². The van der Waals surface area contributed by atoms with Gasteiger partial charge in [0.25, 0.3) is 5.67 Å². The lowest BCUT2D eigenvalue weighted by molar-refractivity contribution is -0.297. The first kappa shape index (κ1) is 46.9. The number of nitrogens with two attached hydrogens (primary N) is 1. The summed E-state index contributed by atoms with van der Waals surface area (Å²) in [5, 5.41) is 42.5. The molecule has 330 valence electrons. The number of alkyl halides is 1. The molecule has 59 heavy (non-hydrogen) atoms. The molecule has 3 aliphatic rings. The number of aromatic nitrogens is 2. The summed E-state index contributed by atoms with van der Waals surface area (Å²) in [6.07, 6.45) is -5.81. The third-order valence-corrected chi connectivity index (χ3v) is 12.9. The number of nitrogens with zero attached hydrogens (tertiary/aromatic N) is 4. The van der Waals surface area contributed by atoms with E-state index in [2.05, 4.69) is 15.1 Å². The Labute approximate surface area is 349 Å². The Morgan fingerprint density at radius 3 is 2.42 bits per heavy atom. The van der Waals surface area contributed by atoms with Gasteiger partial charge in [-0.2, -0.15) is 0 Å². The number of cyclic esters (lactones) is 1. The number of hydrogen-bond donors (Lipinski definition) is 4. The molecule has 5 heterocycles. The molecule has 14 atom stereocenters. The maximum absolute atomic E-state index is 16.8. The molecule has 3 fully saturated rings. The Balaban J connectivity index is 1.59. The Kier molecular flexibility index (Phi) is 14.9. The van der Waals surface area contributed by atoms with E-state index in [0.29, 0.717) is 28.5 Å². The number of esters is 1. The number of anilines is 1. The fourth-order valence-electron chi connectivity index (χ4n) is 8.63. The summed E-state index contributed by atoms with van der Waals surface area (Å²) in [6, 6.07) is 3.21. The Hall–Kier alpha value is -3.20. The van der Waals surface area contributed by atoms with Crippen LogP contribution < -0.4 is 5.73 Å². The molecule has 2 bridgehead atoms. The van der Waals surface area contributed by atoms with Gasteiger partial charge in [0.1, 0.15) is 41.0 Å². The number of oxime groups is 1. The van der Waals surface area contributed by atoms with Crippen LogP contribution in [0.4, 0.5) is 10.2 Å². The Morgan fingerprint density at radius 2 is 1.81 bits per heavy atom. The Bertz CT molecular complexity index is 1780. The summed E-state index contributed by atoms with van der Waals surface area (Å²) < 4.78 is 48.3. The lowest BCUT2D eigenvalue weighted by Crippen LogP contribution is -2.62. The fraction of sp³-hybridized carbons (Fsp3) is 0.732. The quantitative estimate of drug-likeness (QED) is 0.169. The number of carbonyl (C=O) groups is 2. The number of nitrogen functional groups attached to an aromatic ring is 1. The highest BCUT2D eigenvalue weighted by molar-refractivity contribution is 7.13. The molecule has 2 aromatic rings. The molecule has 3 saturated heterocycles. The molecular formula is C41H62FN5O11S. The number of halogens is 1. The maximum Gasteiger partial charge on any atom is 0.351 e. The lowest BCUT2D eigenvalue weighted by Gasteiger charge is -2.48. The summed E-state index contributed by atoms with van der Waals surface area (Å²) in [7, 11) is 3.64. The number of aliphatic hydroxyl groups is 3. The number of fused-ring (bicyclic) bond motifs is 5. The highest BCUT2D eigenvalue weighted by Gasteiger charge is 2.57. The first-order chi connectivity index (χ1) is 27.6. The van der Waals surface area contributed by atoms with Crippen molar-refractivity contribution in [3.8, 4) is 10.7 Å². The zero-order valence-corrected chi connectivity index (χ0v) is 36.5.